The van der Waals surface area contributed by atoms with E-state index in [1.807, 2.05) is 19.9 Å². The zero-order chi connectivity index (χ0) is 14.1. The Kier molecular flexibility index (Phi) is 4.01. The van der Waals surface area contributed by atoms with Gasteiger partial charge in [0.05, 0.1) is 5.54 Å². The van der Waals surface area contributed by atoms with Gasteiger partial charge in [-0.25, -0.2) is 13.1 Å². The number of nitrogens with one attached hydrogen (secondary N) is 1. The summed E-state index contributed by atoms with van der Waals surface area (Å²) in [5, 5.41) is 2.32. The Hall–Kier alpha value is -0.880. The van der Waals surface area contributed by atoms with Gasteiger partial charge in [0.2, 0.25) is 0 Å². The SMILES string of the molecule is CC(C)(NS(=O)(=O)c1cccs1)c1cccc(Cl)c1. The summed E-state index contributed by atoms with van der Waals surface area (Å²) in [4.78, 5) is 0. The number of halogens is 1. The van der Waals surface area contributed by atoms with E-state index in [1.165, 1.54) is 11.3 Å². The molecule has 1 N–H and O–H groups in total. The maximum Gasteiger partial charge on any atom is 0.250 e. The van der Waals surface area contributed by atoms with E-state index in [0.717, 1.165) is 5.56 Å². The highest BCUT2D eigenvalue weighted by Crippen LogP contribution is 2.26. The van der Waals surface area contributed by atoms with Crippen molar-refractivity contribution in [2.75, 3.05) is 0 Å². The van der Waals surface area contributed by atoms with E-state index >= 15 is 0 Å². The van der Waals surface area contributed by atoms with Crippen LogP contribution in [0.25, 0.3) is 0 Å². The molecule has 2 rings (SSSR count). The van der Waals surface area contributed by atoms with Crippen molar-refractivity contribution in [3.63, 3.8) is 0 Å². The van der Waals surface area contributed by atoms with E-state index in [1.54, 1.807) is 35.7 Å². The van der Waals surface area contributed by atoms with Crippen LogP contribution in [0.1, 0.15) is 19.4 Å². The minimum Gasteiger partial charge on any atom is -0.206 e. The Balaban J connectivity index is 2.32. The van der Waals surface area contributed by atoms with Crippen LogP contribution in [-0.2, 0) is 15.6 Å². The van der Waals surface area contributed by atoms with Gasteiger partial charge in [0, 0.05) is 5.02 Å². The highest BCUT2D eigenvalue weighted by Gasteiger charge is 2.28. The van der Waals surface area contributed by atoms with Crippen molar-refractivity contribution in [3.8, 4) is 0 Å². The van der Waals surface area contributed by atoms with E-state index in [-0.39, 0.29) is 0 Å². The van der Waals surface area contributed by atoms with Gasteiger partial charge in [0.1, 0.15) is 4.21 Å². The molecule has 0 bridgehead atoms. The lowest BCUT2D eigenvalue weighted by Crippen LogP contribution is -2.40. The van der Waals surface area contributed by atoms with Gasteiger partial charge >= 0.3 is 0 Å². The van der Waals surface area contributed by atoms with Gasteiger partial charge in [-0.15, -0.1) is 11.3 Å². The summed E-state index contributed by atoms with van der Waals surface area (Å²) in [6.07, 6.45) is 0. The number of sulfonamides is 1. The van der Waals surface area contributed by atoms with Gasteiger partial charge < -0.3 is 0 Å². The van der Waals surface area contributed by atoms with Crippen molar-refractivity contribution < 1.29 is 8.42 Å². The maximum absolute atomic E-state index is 12.2. The third kappa shape index (κ3) is 3.36. The molecule has 0 spiro atoms. The zero-order valence-electron chi connectivity index (χ0n) is 10.6. The second kappa shape index (κ2) is 5.25. The van der Waals surface area contributed by atoms with E-state index in [2.05, 4.69) is 4.72 Å². The van der Waals surface area contributed by atoms with Gasteiger partial charge in [-0.1, -0.05) is 29.8 Å². The minimum absolute atomic E-state index is 0.308. The molecule has 3 nitrogen and oxygen atoms in total. The zero-order valence-corrected chi connectivity index (χ0v) is 12.9. The monoisotopic (exact) mass is 315 g/mol. The second-order valence-corrected chi connectivity index (χ2v) is 7.97. The van der Waals surface area contributed by atoms with Crippen LogP contribution in [0.15, 0.2) is 46.0 Å². The average molecular weight is 316 g/mol. The Labute approximate surface area is 122 Å². The lowest BCUT2D eigenvalue weighted by Gasteiger charge is -2.26. The molecule has 0 saturated carbocycles. The highest BCUT2D eigenvalue weighted by atomic mass is 35.5. The van der Waals surface area contributed by atoms with Crippen LogP contribution < -0.4 is 4.72 Å². The summed E-state index contributed by atoms with van der Waals surface area (Å²) < 4.78 is 27.5. The van der Waals surface area contributed by atoms with Crippen LogP contribution in [0.5, 0.6) is 0 Å². The number of benzene rings is 1. The first-order valence-electron chi connectivity index (χ1n) is 5.65. The predicted octanol–water partition coefficient (Wildman–Crippen LogP) is 3.62. The lowest BCUT2D eigenvalue weighted by molar-refractivity contribution is 0.473. The Morgan fingerprint density at radius 2 is 1.95 bits per heavy atom. The molecule has 1 aromatic heterocycles. The summed E-state index contributed by atoms with van der Waals surface area (Å²) in [5.74, 6) is 0. The molecule has 0 radical (unpaired) electrons. The van der Waals surface area contributed by atoms with Gasteiger partial charge in [-0.2, -0.15) is 0 Å². The van der Waals surface area contributed by atoms with Crippen molar-refractivity contribution in [2.45, 2.75) is 23.6 Å². The highest BCUT2D eigenvalue weighted by molar-refractivity contribution is 7.91. The van der Waals surface area contributed by atoms with Crippen molar-refractivity contribution in [1.29, 1.82) is 0 Å². The quantitative estimate of drug-likeness (QED) is 0.936. The number of hydrogen-bond donors (Lipinski definition) is 1. The number of thiophene rings is 1. The normalized spacial score (nSPS) is 12.6. The molecular formula is C13H14ClNO2S2. The first kappa shape index (κ1) is 14.5. The van der Waals surface area contributed by atoms with Crippen LogP contribution in [-0.4, -0.2) is 8.42 Å². The van der Waals surface area contributed by atoms with Gasteiger partial charge in [0.25, 0.3) is 10.0 Å². The van der Waals surface area contributed by atoms with Crippen molar-refractivity contribution in [3.05, 3.63) is 52.4 Å². The summed E-state index contributed by atoms with van der Waals surface area (Å²) in [6, 6.07) is 10.5. The molecule has 0 fully saturated rings. The predicted molar refractivity (Wildman–Crippen MR) is 79.1 cm³/mol. The molecule has 0 aliphatic rings. The topological polar surface area (TPSA) is 46.2 Å². The van der Waals surface area contributed by atoms with E-state index in [0.29, 0.717) is 9.23 Å². The largest absolute Gasteiger partial charge is 0.250 e. The fourth-order valence-corrected chi connectivity index (χ4v) is 4.32. The number of hydrogen-bond acceptors (Lipinski definition) is 3. The molecule has 0 aliphatic carbocycles. The molecule has 2 aromatic rings. The van der Waals surface area contributed by atoms with E-state index < -0.39 is 15.6 Å². The summed E-state index contributed by atoms with van der Waals surface area (Å²) in [7, 11) is -3.51. The first-order chi connectivity index (χ1) is 8.81. The molecule has 1 heterocycles. The van der Waals surface area contributed by atoms with Crippen LogP contribution in [0.3, 0.4) is 0 Å². The molecule has 19 heavy (non-hydrogen) atoms. The fraction of sp³-hybridized carbons (Fsp3) is 0.231. The van der Waals surface area contributed by atoms with Crippen LogP contribution in [0.2, 0.25) is 5.02 Å². The van der Waals surface area contributed by atoms with Gasteiger partial charge in [-0.3, -0.25) is 0 Å². The first-order valence-corrected chi connectivity index (χ1v) is 8.39. The summed E-state index contributed by atoms with van der Waals surface area (Å²) in [5.41, 5.74) is 0.0911. The molecule has 0 amide bonds. The van der Waals surface area contributed by atoms with Crippen molar-refractivity contribution >= 4 is 33.0 Å². The average Bonchev–Trinajstić information content (AvgIpc) is 2.81. The maximum atomic E-state index is 12.2. The smallest absolute Gasteiger partial charge is 0.206 e. The van der Waals surface area contributed by atoms with Crippen LogP contribution in [0, 0.1) is 0 Å². The number of rotatable bonds is 4. The van der Waals surface area contributed by atoms with E-state index in [4.69, 9.17) is 11.6 Å². The molecule has 0 saturated heterocycles. The third-order valence-corrected chi connectivity index (χ3v) is 5.98. The van der Waals surface area contributed by atoms with Crippen LogP contribution in [0.4, 0.5) is 0 Å². The fourth-order valence-electron chi connectivity index (χ4n) is 1.74. The Morgan fingerprint density at radius 1 is 1.21 bits per heavy atom. The second-order valence-electron chi connectivity index (χ2n) is 4.67. The molecular weight excluding hydrogens is 302 g/mol. The summed E-state index contributed by atoms with van der Waals surface area (Å²) >= 11 is 7.14. The van der Waals surface area contributed by atoms with Crippen molar-refractivity contribution in [1.82, 2.24) is 4.72 Å². The standard InChI is InChI=1S/C13H14ClNO2S2/c1-13(2,10-5-3-6-11(14)9-10)15-19(16,17)12-7-4-8-18-12/h3-9,15H,1-2H3. The Bertz CT molecular complexity index is 664. The molecule has 0 atom stereocenters. The third-order valence-electron chi connectivity index (χ3n) is 2.70. The van der Waals surface area contributed by atoms with Crippen molar-refractivity contribution in [2.24, 2.45) is 0 Å². The lowest BCUT2D eigenvalue weighted by atomic mass is 9.96. The molecule has 1 aromatic carbocycles. The van der Waals surface area contributed by atoms with Gasteiger partial charge in [-0.05, 0) is 43.0 Å². The van der Waals surface area contributed by atoms with Crippen LogP contribution >= 0.6 is 22.9 Å². The molecule has 6 heteroatoms. The summed E-state index contributed by atoms with van der Waals surface area (Å²) in [6.45, 7) is 3.62. The molecule has 0 unspecified atom stereocenters. The molecule has 0 aliphatic heterocycles. The Morgan fingerprint density at radius 3 is 2.53 bits per heavy atom. The molecule has 102 valence electrons. The van der Waals surface area contributed by atoms with Gasteiger partial charge in [0.15, 0.2) is 0 Å². The minimum atomic E-state index is -3.51. The van der Waals surface area contributed by atoms with E-state index in [9.17, 15) is 8.42 Å².